The van der Waals surface area contributed by atoms with Crippen LogP contribution >= 0.6 is 0 Å². The van der Waals surface area contributed by atoms with Crippen LogP contribution in [0.15, 0.2) is 54.6 Å². The number of hydrogen-bond donors (Lipinski definition) is 0. The molecule has 0 aliphatic carbocycles. The Bertz CT molecular complexity index is 882. The van der Waals surface area contributed by atoms with Gasteiger partial charge >= 0.3 is 7.25 Å². The summed E-state index contributed by atoms with van der Waals surface area (Å²) < 4.78 is 41.5. The van der Waals surface area contributed by atoms with E-state index in [4.69, 9.17) is 0 Å². The molecule has 6 heteroatoms. The molecule has 1 heterocycles. The summed E-state index contributed by atoms with van der Waals surface area (Å²) in [6.45, 7) is 14.1. The van der Waals surface area contributed by atoms with E-state index in [1.165, 1.54) is 16.8 Å². The third-order valence-corrected chi connectivity index (χ3v) is 6.08. The Hall–Kier alpha value is -2.11. The lowest BCUT2D eigenvalue weighted by Gasteiger charge is -2.27. The molecule has 0 spiro atoms. The van der Waals surface area contributed by atoms with Crippen molar-refractivity contribution in [1.29, 1.82) is 0 Å². The molecule has 0 aromatic heterocycles. The SMILES string of the molecule is CCC(C)(C)c1ccccc1[N+]1=CC(C)(c2ccccc2)CC1(C)C.F[B-](F)(F)F. The van der Waals surface area contributed by atoms with Gasteiger partial charge in [0.25, 0.3) is 0 Å². The Kier molecular flexibility index (Phi) is 6.90. The van der Waals surface area contributed by atoms with Crippen LogP contribution in [-0.2, 0) is 10.8 Å². The lowest BCUT2D eigenvalue weighted by Crippen LogP contribution is -2.32. The van der Waals surface area contributed by atoms with Crippen LogP contribution in [0.2, 0.25) is 0 Å². The molecule has 0 fully saturated rings. The summed E-state index contributed by atoms with van der Waals surface area (Å²) in [7, 11) is -6.00. The average molecular weight is 421 g/mol. The normalized spacial score (nSPS) is 20.9. The first-order chi connectivity index (χ1) is 13.7. The Morgan fingerprint density at radius 2 is 1.40 bits per heavy atom. The van der Waals surface area contributed by atoms with E-state index < -0.39 is 7.25 Å². The second kappa shape index (κ2) is 8.56. The monoisotopic (exact) mass is 421 g/mol. The van der Waals surface area contributed by atoms with Crippen LogP contribution in [-0.4, -0.2) is 23.6 Å². The minimum Gasteiger partial charge on any atom is -0.418 e. The number of halogens is 4. The van der Waals surface area contributed by atoms with E-state index in [1.54, 1.807) is 0 Å². The van der Waals surface area contributed by atoms with Gasteiger partial charge in [0, 0.05) is 31.9 Å². The standard InChI is InChI=1S/C24H32N.BF4/c1-7-22(2,3)20-15-11-12-16-21(20)25-18-24(6,17-23(25,4)5)19-13-9-8-10-14-19;2-1(3,4)5/h8-16,18H,7,17H2,1-6H3;/q+1;-1. The third-order valence-electron chi connectivity index (χ3n) is 6.08. The Morgan fingerprint density at radius 3 is 1.93 bits per heavy atom. The fourth-order valence-corrected chi connectivity index (χ4v) is 4.33. The molecule has 30 heavy (non-hydrogen) atoms. The van der Waals surface area contributed by atoms with Crippen molar-refractivity contribution in [3.05, 3.63) is 65.7 Å². The van der Waals surface area contributed by atoms with E-state index in [2.05, 4.69) is 107 Å². The maximum absolute atomic E-state index is 9.75. The van der Waals surface area contributed by atoms with Gasteiger partial charge in [-0.3, -0.25) is 0 Å². The van der Waals surface area contributed by atoms with E-state index in [1.807, 2.05) is 0 Å². The minimum absolute atomic E-state index is 0.0637. The Labute approximate surface area is 177 Å². The molecule has 0 radical (unpaired) electrons. The van der Waals surface area contributed by atoms with Crippen LogP contribution in [0.25, 0.3) is 0 Å². The van der Waals surface area contributed by atoms with Crippen molar-refractivity contribution in [2.24, 2.45) is 0 Å². The molecular formula is C24H32BF4N. The molecule has 2 aromatic rings. The molecule has 0 amide bonds. The second-order valence-corrected chi connectivity index (χ2v) is 9.52. The van der Waals surface area contributed by atoms with E-state index >= 15 is 0 Å². The summed E-state index contributed by atoms with van der Waals surface area (Å²) in [5.74, 6) is 0. The molecule has 1 unspecified atom stereocenters. The molecular weight excluding hydrogens is 389 g/mol. The first kappa shape index (κ1) is 24.2. The minimum atomic E-state index is -6.00. The molecule has 1 nitrogen and oxygen atoms in total. The van der Waals surface area contributed by atoms with E-state index in [0.717, 1.165) is 12.8 Å². The zero-order valence-electron chi connectivity index (χ0n) is 18.7. The van der Waals surface area contributed by atoms with Crippen LogP contribution in [0, 0.1) is 0 Å². The second-order valence-electron chi connectivity index (χ2n) is 9.52. The van der Waals surface area contributed by atoms with Crippen molar-refractivity contribution in [2.75, 3.05) is 0 Å². The molecule has 1 aliphatic heterocycles. The van der Waals surface area contributed by atoms with Gasteiger partial charge < -0.3 is 17.3 Å². The number of hydrogen-bond acceptors (Lipinski definition) is 0. The number of para-hydroxylation sites is 1. The van der Waals surface area contributed by atoms with Gasteiger partial charge in [-0.1, -0.05) is 69.3 Å². The van der Waals surface area contributed by atoms with E-state index in [9.17, 15) is 17.3 Å². The molecule has 3 rings (SSSR count). The molecule has 0 bridgehead atoms. The fourth-order valence-electron chi connectivity index (χ4n) is 4.33. The quantitative estimate of drug-likeness (QED) is 0.273. The highest BCUT2D eigenvalue weighted by Crippen LogP contribution is 2.44. The van der Waals surface area contributed by atoms with Crippen LogP contribution in [0.5, 0.6) is 0 Å². The van der Waals surface area contributed by atoms with Gasteiger partial charge in [0.1, 0.15) is 0 Å². The molecule has 0 N–H and O–H groups in total. The predicted molar refractivity (Wildman–Crippen MR) is 118 cm³/mol. The average Bonchev–Trinajstić information content (AvgIpc) is 2.91. The molecule has 0 saturated carbocycles. The van der Waals surface area contributed by atoms with Crippen LogP contribution < -0.4 is 0 Å². The van der Waals surface area contributed by atoms with Gasteiger partial charge in [0.15, 0.2) is 11.8 Å². The van der Waals surface area contributed by atoms with Crippen LogP contribution in [0.4, 0.5) is 23.0 Å². The molecule has 1 atom stereocenters. The Balaban J connectivity index is 0.000000575. The number of nitrogens with zero attached hydrogens (tertiary/aromatic N) is 1. The largest absolute Gasteiger partial charge is 0.673 e. The van der Waals surface area contributed by atoms with Crippen LogP contribution in [0.3, 0.4) is 0 Å². The highest BCUT2D eigenvalue weighted by atomic mass is 19.5. The summed E-state index contributed by atoms with van der Waals surface area (Å²) in [4.78, 5) is 0. The summed E-state index contributed by atoms with van der Waals surface area (Å²) in [6.07, 6.45) is 4.71. The fraction of sp³-hybridized carbons (Fsp3) is 0.458. The summed E-state index contributed by atoms with van der Waals surface area (Å²) in [5.41, 5.74) is 4.53. The van der Waals surface area contributed by atoms with Crippen LogP contribution in [0.1, 0.15) is 65.5 Å². The summed E-state index contributed by atoms with van der Waals surface area (Å²) in [5, 5.41) is 0. The van der Waals surface area contributed by atoms with Crippen molar-refractivity contribution in [1.82, 2.24) is 0 Å². The summed E-state index contributed by atoms with van der Waals surface area (Å²) in [6, 6.07) is 19.9. The van der Waals surface area contributed by atoms with Gasteiger partial charge in [-0.05, 0) is 24.3 Å². The lowest BCUT2D eigenvalue weighted by molar-refractivity contribution is -0.512. The Morgan fingerprint density at radius 1 is 0.900 bits per heavy atom. The number of benzene rings is 2. The van der Waals surface area contributed by atoms with Crippen molar-refractivity contribution in [3.8, 4) is 0 Å². The van der Waals surface area contributed by atoms with E-state index in [-0.39, 0.29) is 16.4 Å². The summed E-state index contributed by atoms with van der Waals surface area (Å²) >= 11 is 0. The predicted octanol–water partition coefficient (Wildman–Crippen LogP) is 7.53. The first-order valence-corrected chi connectivity index (χ1v) is 10.4. The van der Waals surface area contributed by atoms with Gasteiger partial charge in [0.2, 0.25) is 5.69 Å². The number of rotatable bonds is 4. The molecule has 0 saturated heterocycles. The van der Waals surface area contributed by atoms with Gasteiger partial charge in [-0.2, -0.15) is 4.58 Å². The highest BCUT2D eigenvalue weighted by molar-refractivity contribution is 6.50. The van der Waals surface area contributed by atoms with Crippen molar-refractivity contribution in [2.45, 2.75) is 70.8 Å². The maximum Gasteiger partial charge on any atom is 0.673 e. The van der Waals surface area contributed by atoms with Gasteiger partial charge in [-0.15, -0.1) is 0 Å². The molecule has 2 aromatic carbocycles. The van der Waals surface area contributed by atoms with Gasteiger partial charge in [-0.25, -0.2) is 0 Å². The molecule has 1 aliphatic rings. The highest BCUT2D eigenvalue weighted by Gasteiger charge is 2.50. The van der Waals surface area contributed by atoms with Crippen molar-refractivity contribution in [3.63, 3.8) is 0 Å². The van der Waals surface area contributed by atoms with Crippen molar-refractivity contribution >= 4 is 19.2 Å². The zero-order valence-corrected chi connectivity index (χ0v) is 18.7. The molecule has 164 valence electrons. The topological polar surface area (TPSA) is 3.01 Å². The van der Waals surface area contributed by atoms with Crippen molar-refractivity contribution < 1.29 is 21.8 Å². The van der Waals surface area contributed by atoms with Gasteiger partial charge in [0.05, 0.1) is 5.41 Å². The smallest absolute Gasteiger partial charge is 0.418 e. The first-order valence-electron chi connectivity index (χ1n) is 10.4. The maximum atomic E-state index is 9.75. The zero-order chi connectivity index (χ0) is 22.8. The lowest BCUT2D eigenvalue weighted by atomic mass is 9.77. The van der Waals surface area contributed by atoms with E-state index in [0.29, 0.717) is 0 Å². The third kappa shape index (κ3) is 5.74.